The summed E-state index contributed by atoms with van der Waals surface area (Å²) >= 11 is 0. The van der Waals surface area contributed by atoms with E-state index in [9.17, 15) is 9.50 Å². The Kier molecular flexibility index (Phi) is 9.25. The monoisotopic (exact) mass is 374 g/mol. The van der Waals surface area contributed by atoms with Gasteiger partial charge in [-0.3, -0.25) is 4.90 Å². The summed E-state index contributed by atoms with van der Waals surface area (Å²) in [6.07, 6.45) is 5.91. The SMILES string of the molecule is C=CCCC(O)CN(CCCOC)Cc1cccn1Cc1cccc(F)c1. The molecule has 5 heteroatoms. The Balaban J connectivity index is 2.02. The quantitative estimate of drug-likeness (QED) is 0.428. The molecule has 0 bridgehead atoms. The van der Waals surface area contributed by atoms with Gasteiger partial charge in [-0.05, 0) is 49.1 Å². The van der Waals surface area contributed by atoms with Crippen molar-refractivity contribution < 1.29 is 14.2 Å². The van der Waals surface area contributed by atoms with Crippen LogP contribution in [0, 0.1) is 5.82 Å². The van der Waals surface area contributed by atoms with Gasteiger partial charge in [-0.25, -0.2) is 4.39 Å². The molecule has 1 heterocycles. The third-order valence-corrected chi connectivity index (χ3v) is 4.55. The molecule has 0 spiro atoms. The number of aliphatic hydroxyl groups is 1. The van der Waals surface area contributed by atoms with Gasteiger partial charge in [0, 0.05) is 51.8 Å². The molecule has 0 fully saturated rings. The van der Waals surface area contributed by atoms with Gasteiger partial charge in [0.1, 0.15) is 5.82 Å². The van der Waals surface area contributed by atoms with Gasteiger partial charge in [-0.1, -0.05) is 18.2 Å². The molecule has 0 saturated heterocycles. The summed E-state index contributed by atoms with van der Waals surface area (Å²) in [4.78, 5) is 2.25. The zero-order valence-corrected chi connectivity index (χ0v) is 16.2. The Morgan fingerprint density at radius 1 is 1.33 bits per heavy atom. The number of halogens is 1. The number of aromatic nitrogens is 1. The van der Waals surface area contributed by atoms with Crippen LogP contribution >= 0.6 is 0 Å². The van der Waals surface area contributed by atoms with Gasteiger partial charge in [0.25, 0.3) is 0 Å². The van der Waals surface area contributed by atoms with Gasteiger partial charge in [0.15, 0.2) is 0 Å². The average molecular weight is 375 g/mol. The summed E-state index contributed by atoms with van der Waals surface area (Å²) in [5.41, 5.74) is 2.08. The van der Waals surface area contributed by atoms with Crippen LogP contribution in [0.4, 0.5) is 4.39 Å². The van der Waals surface area contributed by atoms with E-state index in [0.29, 0.717) is 26.1 Å². The van der Waals surface area contributed by atoms with Crippen LogP contribution in [0.5, 0.6) is 0 Å². The van der Waals surface area contributed by atoms with E-state index in [1.165, 1.54) is 6.07 Å². The molecule has 1 atom stereocenters. The van der Waals surface area contributed by atoms with E-state index in [0.717, 1.165) is 37.2 Å². The molecule has 0 aliphatic heterocycles. The molecule has 2 aromatic rings. The number of hydrogen-bond donors (Lipinski definition) is 1. The van der Waals surface area contributed by atoms with Gasteiger partial charge in [-0.15, -0.1) is 6.58 Å². The molecule has 1 unspecified atom stereocenters. The fraction of sp³-hybridized carbons (Fsp3) is 0.455. The molecule has 0 aliphatic rings. The van der Waals surface area contributed by atoms with E-state index in [-0.39, 0.29) is 11.9 Å². The first kappa shape index (κ1) is 21.4. The van der Waals surface area contributed by atoms with Crippen molar-refractivity contribution >= 4 is 0 Å². The number of nitrogens with zero attached hydrogens (tertiary/aromatic N) is 2. The van der Waals surface area contributed by atoms with Crippen LogP contribution in [0.25, 0.3) is 0 Å². The van der Waals surface area contributed by atoms with Crippen LogP contribution in [-0.2, 0) is 17.8 Å². The van der Waals surface area contributed by atoms with Crippen molar-refractivity contribution in [3.05, 3.63) is 72.3 Å². The van der Waals surface area contributed by atoms with Crippen LogP contribution < -0.4 is 0 Å². The molecule has 0 aliphatic carbocycles. The fourth-order valence-corrected chi connectivity index (χ4v) is 3.18. The van der Waals surface area contributed by atoms with Gasteiger partial charge in [0.05, 0.1) is 6.10 Å². The predicted octanol–water partition coefficient (Wildman–Crippen LogP) is 3.84. The average Bonchev–Trinajstić information content (AvgIpc) is 3.06. The van der Waals surface area contributed by atoms with Crippen LogP contribution in [0.15, 0.2) is 55.3 Å². The number of methoxy groups -OCH3 is 1. The molecule has 0 amide bonds. The number of aliphatic hydroxyl groups excluding tert-OH is 1. The van der Waals surface area contributed by atoms with Crippen LogP contribution in [0.1, 0.15) is 30.5 Å². The van der Waals surface area contributed by atoms with Crippen molar-refractivity contribution in [3.8, 4) is 0 Å². The summed E-state index contributed by atoms with van der Waals surface area (Å²) in [6, 6.07) is 10.8. The molecular formula is C22H31FN2O2. The van der Waals surface area contributed by atoms with E-state index in [2.05, 4.69) is 22.1 Å². The highest BCUT2D eigenvalue weighted by Crippen LogP contribution is 2.13. The van der Waals surface area contributed by atoms with Gasteiger partial charge >= 0.3 is 0 Å². The van der Waals surface area contributed by atoms with Crippen LogP contribution in [-0.4, -0.2) is 47.5 Å². The van der Waals surface area contributed by atoms with Crippen molar-refractivity contribution in [1.82, 2.24) is 9.47 Å². The second kappa shape index (κ2) is 11.7. The maximum atomic E-state index is 13.5. The maximum absolute atomic E-state index is 13.5. The second-order valence-electron chi connectivity index (χ2n) is 6.86. The molecule has 2 rings (SSSR count). The Bertz CT molecular complexity index is 686. The fourth-order valence-electron chi connectivity index (χ4n) is 3.18. The summed E-state index contributed by atoms with van der Waals surface area (Å²) in [7, 11) is 1.70. The number of allylic oxidation sites excluding steroid dienone is 1. The zero-order valence-electron chi connectivity index (χ0n) is 16.2. The standard InChI is InChI=1S/C22H31FN2O2/c1-3-4-11-22(26)18-24(12-7-14-27-2)17-21-10-6-13-25(21)16-19-8-5-9-20(23)15-19/h3,5-6,8-10,13,15,22,26H,1,4,7,11-12,14,16-18H2,2H3. The lowest BCUT2D eigenvalue weighted by atomic mass is 10.1. The van der Waals surface area contributed by atoms with E-state index in [4.69, 9.17) is 4.74 Å². The highest BCUT2D eigenvalue weighted by Gasteiger charge is 2.14. The summed E-state index contributed by atoms with van der Waals surface area (Å²) < 4.78 is 20.8. The predicted molar refractivity (Wildman–Crippen MR) is 107 cm³/mol. The van der Waals surface area contributed by atoms with Crippen molar-refractivity contribution in [2.24, 2.45) is 0 Å². The Labute approximate surface area is 161 Å². The van der Waals surface area contributed by atoms with Crippen molar-refractivity contribution in [1.29, 1.82) is 0 Å². The number of benzene rings is 1. The van der Waals surface area contributed by atoms with E-state index < -0.39 is 0 Å². The molecular weight excluding hydrogens is 343 g/mol. The summed E-state index contributed by atoms with van der Waals surface area (Å²) in [5.74, 6) is -0.215. The van der Waals surface area contributed by atoms with Gasteiger partial charge in [0.2, 0.25) is 0 Å². The molecule has 1 N–H and O–H groups in total. The summed E-state index contributed by atoms with van der Waals surface area (Å²) in [6.45, 7) is 7.25. The third kappa shape index (κ3) is 7.67. The lowest BCUT2D eigenvalue weighted by Gasteiger charge is -2.25. The number of hydrogen-bond acceptors (Lipinski definition) is 3. The molecule has 148 valence electrons. The van der Waals surface area contributed by atoms with Crippen molar-refractivity contribution in [2.75, 3.05) is 26.8 Å². The molecule has 0 saturated carbocycles. The Morgan fingerprint density at radius 3 is 2.93 bits per heavy atom. The molecule has 1 aromatic heterocycles. The van der Waals surface area contributed by atoms with Gasteiger partial charge < -0.3 is 14.4 Å². The summed E-state index contributed by atoms with van der Waals surface area (Å²) in [5, 5.41) is 10.3. The van der Waals surface area contributed by atoms with Gasteiger partial charge in [-0.2, -0.15) is 0 Å². The Morgan fingerprint density at radius 2 is 2.19 bits per heavy atom. The van der Waals surface area contributed by atoms with E-state index in [1.54, 1.807) is 19.2 Å². The minimum absolute atomic E-state index is 0.215. The van der Waals surface area contributed by atoms with Crippen LogP contribution in [0.3, 0.4) is 0 Å². The maximum Gasteiger partial charge on any atom is 0.123 e. The molecule has 4 nitrogen and oxygen atoms in total. The topological polar surface area (TPSA) is 37.6 Å². The normalized spacial score (nSPS) is 12.4. The lowest BCUT2D eigenvalue weighted by Crippen LogP contribution is -2.34. The Hall–Kier alpha value is -1.95. The second-order valence-corrected chi connectivity index (χ2v) is 6.86. The highest BCUT2D eigenvalue weighted by molar-refractivity contribution is 5.18. The minimum Gasteiger partial charge on any atom is -0.392 e. The molecule has 0 radical (unpaired) electrons. The van der Waals surface area contributed by atoms with Crippen molar-refractivity contribution in [2.45, 2.75) is 38.5 Å². The first-order valence-corrected chi connectivity index (χ1v) is 9.51. The lowest BCUT2D eigenvalue weighted by molar-refractivity contribution is 0.0930. The number of ether oxygens (including phenoxy) is 1. The smallest absolute Gasteiger partial charge is 0.123 e. The molecule has 27 heavy (non-hydrogen) atoms. The first-order valence-electron chi connectivity index (χ1n) is 9.51. The third-order valence-electron chi connectivity index (χ3n) is 4.55. The minimum atomic E-state index is -0.378. The number of rotatable bonds is 13. The molecule has 1 aromatic carbocycles. The van der Waals surface area contributed by atoms with E-state index in [1.807, 2.05) is 24.4 Å². The zero-order chi connectivity index (χ0) is 19.5. The van der Waals surface area contributed by atoms with E-state index >= 15 is 0 Å². The van der Waals surface area contributed by atoms with Crippen molar-refractivity contribution in [3.63, 3.8) is 0 Å². The first-order chi connectivity index (χ1) is 13.1. The van der Waals surface area contributed by atoms with Crippen LogP contribution in [0.2, 0.25) is 0 Å². The highest BCUT2D eigenvalue weighted by atomic mass is 19.1. The largest absolute Gasteiger partial charge is 0.392 e.